The Morgan fingerprint density at radius 3 is 2.14 bits per heavy atom. The van der Waals surface area contributed by atoms with Crippen LogP contribution < -0.4 is 15.4 Å². The number of nitrogens with one attached hydrogen (secondary N) is 2. The van der Waals surface area contributed by atoms with Gasteiger partial charge in [-0.2, -0.15) is 13.2 Å². The quantitative estimate of drug-likeness (QED) is 0.335. The third kappa shape index (κ3) is 8.31. The predicted octanol–water partition coefficient (Wildman–Crippen LogP) is 6.05. The van der Waals surface area contributed by atoms with Crippen molar-refractivity contribution in [3.63, 3.8) is 0 Å². The molecule has 3 rings (SSSR count). The molecular formula is C25H20ClF3N2O5. The van der Waals surface area contributed by atoms with E-state index >= 15 is 0 Å². The second-order valence-electron chi connectivity index (χ2n) is 7.39. The molecule has 0 saturated heterocycles. The molecule has 2 amide bonds. The maximum Gasteiger partial charge on any atom is 0.416 e. The molecule has 0 fully saturated rings. The van der Waals surface area contributed by atoms with E-state index in [-0.39, 0.29) is 23.6 Å². The standard InChI is InChI=1S/C25H20ClF3N2O5/c26-20-11-6-16(25(27,28)29)14-21(20)31-22(32)12-13-24(34)35-15-23(33)30-17-7-9-19(10-8-17)36-18-4-2-1-3-5-18/h1-11,14H,12-13,15H2,(H,30,33)(H,31,32). The van der Waals surface area contributed by atoms with E-state index in [1.165, 1.54) is 0 Å². The lowest BCUT2D eigenvalue weighted by atomic mass is 10.2. The number of anilines is 2. The summed E-state index contributed by atoms with van der Waals surface area (Å²) in [6, 6.07) is 18.2. The SMILES string of the molecule is O=C(COC(=O)CCC(=O)Nc1cc(C(F)(F)F)ccc1Cl)Nc1ccc(Oc2ccccc2)cc1. The Morgan fingerprint density at radius 2 is 1.47 bits per heavy atom. The lowest BCUT2D eigenvalue weighted by molar-refractivity contribution is -0.147. The molecule has 0 heterocycles. The zero-order valence-corrected chi connectivity index (χ0v) is 19.4. The van der Waals surface area contributed by atoms with E-state index in [9.17, 15) is 27.6 Å². The predicted molar refractivity (Wildman–Crippen MR) is 127 cm³/mol. The first-order valence-corrected chi connectivity index (χ1v) is 10.9. The number of halogens is 4. The van der Waals surface area contributed by atoms with Crippen molar-refractivity contribution < 1.29 is 37.0 Å². The molecule has 0 aromatic heterocycles. The first-order valence-electron chi connectivity index (χ1n) is 10.6. The Hall–Kier alpha value is -4.05. The monoisotopic (exact) mass is 520 g/mol. The van der Waals surface area contributed by atoms with Crippen molar-refractivity contribution in [3.05, 3.63) is 83.4 Å². The average Bonchev–Trinajstić information content (AvgIpc) is 2.84. The number of carbonyl (C=O) groups excluding carboxylic acids is 3. The molecule has 0 unspecified atom stereocenters. The molecule has 0 radical (unpaired) electrons. The number of rotatable bonds is 9. The van der Waals surface area contributed by atoms with Gasteiger partial charge in [-0.3, -0.25) is 14.4 Å². The van der Waals surface area contributed by atoms with Crippen LogP contribution in [0.15, 0.2) is 72.8 Å². The number of carbonyl (C=O) groups is 3. The number of hydrogen-bond donors (Lipinski definition) is 2. The number of hydrogen-bond acceptors (Lipinski definition) is 5. The van der Waals surface area contributed by atoms with Gasteiger partial charge in [0.2, 0.25) is 5.91 Å². The second kappa shape index (κ2) is 12.1. The largest absolute Gasteiger partial charge is 0.457 e. The zero-order chi connectivity index (χ0) is 26.1. The highest BCUT2D eigenvalue weighted by Gasteiger charge is 2.31. The van der Waals surface area contributed by atoms with Crippen LogP contribution in [0.3, 0.4) is 0 Å². The van der Waals surface area contributed by atoms with Gasteiger partial charge in [0.25, 0.3) is 5.91 Å². The van der Waals surface area contributed by atoms with Crippen LogP contribution in [-0.2, 0) is 25.3 Å². The Bertz CT molecular complexity index is 1220. The number of amides is 2. The summed E-state index contributed by atoms with van der Waals surface area (Å²) in [6.45, 7) is -0.581. The van der Waals surface area contributed by atoms with Gasteiger partial charge in [-0.25, -0.2) is 0 Å². The van der Waals surface area contributed by atoms with Crippen molar-refractivity contribution in [1.82, 2.24) is 0 Å². The van der Waals surface area contributed by atoms with E-state index in [1.54, 1.807) is 36.4 Å². The summed E-state index contributed by atoms with van der Waals surface area (Å²) in [5.74, 6) is -0.944. The summed E-state index contributed by atoms with van der Waals surface area (Å²) in [4.78, 5) is 35.9. The normalized spacial score (nSPS) is 10.9. The van der Waals surface area contributed by atoms with Crippen molar-refractivity contribution in [2.24, 2.45) is 0 Å². The summed E-state index contributed by atoms with van der Waals surface area (Å²) in [5.41, 5.74) is -0.760. The second-order valence-corrected chi connectivity index (χ2v) is 7.80. The fraction of sp³-hybridized carbons (Fsp3) is 0.160. The summed E-state index contributed by atoms with van der Waals surface area (Å²) >= 11 is 5.82. The Balaban J connectivity index is 1.39. The Labute approximate surface area is 209 Å². The smallest absolute Gasteiger partial charge is 0.416 e. The van der Waals surface area contributed by atoms with E-state index in [2.05, 4.69) is 10.6 Å². The van der Waals surface area contributed by atoms with Gasteiger partial charge in [-0.1, -0.05) is 29.8 Å². The molecule has 0 saturated carbocycles. The number of ether oxygens (including phenoxy) is 2. The van der Waals surface area contributed by atoms with E-state index < -0.39 is 36.1 Å². The van der Waals surface area contributed by atoms with Crippen molar-refractivity contribution in [2.75, 3.05) is 17.2 Å². The molecule has 11 heteroatoms. The highest BCUT2D eigenvalue weighted by Crippen LogP contribution is 2.33. The molecule has 0 bridgehead atoms. The summed E-state index contributed by atoms with van der Waals surface area (Å²) in [5, 5.41) is 4.69. The van der Waals surface area contributed by atoms with Gasteiger partial charge in [-0.15, -0.1) is 0 Å². The number of para-hydroxylation sites is 1. The van der Waals surface area contributed by atoms with Crippen LogP contribution in [0.25, 0.3) is 0 Å². The van der Waals surface area contributed by atoms with Gasteiger partial charge in [0.05, 0.1) is 22.7 Å². The molecule has 36 heavy (non-hydrogen) atoms. The van der Waals surface area contributed by atoms with Gasteiger partial charge >= 0.3 is 12.1 Å². The van der Waals surface area contributed by atoms with Gasteiger partial charge in [0.1, 0.15) is 11.5 Å². The molecule has 188 valence electrons. The molecule has 7 nitrogen and oxygen atoms in total. The Kier molecular flexibility index (Phi) is 8.91. The lowest BCUT2D eigenvalue weighted by Crippen LogP contribution is -2.21. The summed E-state index contributed by atoms with van der Waals surface area (Å²) in [6.07, 6.45) is -5.37. The molecule has 0 aliphatic rings. The Morgan fingerprint density at radius 1 is 0.806 bits per heavy atom. The minimum Gasteiger partial charge on any atom is -0.457 e. The van der Waals surface area contributed by atoms with Crippen molar-refractivity contribution in [3.8, 4) is 11.5 Å². The van der Waals surface area contributed by atoms with E-state index in [0.29, 0.717) is 23.3 Å². The minimum absolute atomic E-state index is 0.0877. The number of alkyl halides is 3. The average molecular weight is 521 g/mol. The van der Waals surface area contributed by atoms with E-state index in [1.807, 2.05) is 18.2 Å². The maximum absolute atomic E-state index is 12.8. The molecule has 0 spiro atoms. The van der Waals surface area contributed by atoms with Crippen LogP contribution in [0.1, 0.15) is 18.4 Å². The van der Waals surface area contributed by atoms with Gasteiger partial charge < -0.3 is 20.1 Å². The first kappa shape index (κ1) is 26.6. The maximum atomic E-state index is 12.8. The van der Waals surface area contributed by atoms with Gasteiger partial charge in [0, 0.05) is 12.1 Å². The first-order chi connectivity index (χ1) is 17.1. The number of esters is 1. The van der Waals surface area contributed by atoms with Crippen molar-refractivity contribution in [1.29, 1.82) is 0 Å². The van der Waals surface area contributed by atoms with Crippen LogP contribution in [0.5, 0.6) is 11.5 Å². The highest BCUT2D eigenvalue weighted by molar-refractivity contribution is 6.33. The van der Waals surface area contributed by atoms with Crippen molar-refractivity contribution >= 4 is 40.8 Å². The highest BCUT2D eigenvalue weighted by atomic mass is 35.5. The van der Waals surface area contributed by atoms with Gasteiger partial charge in [-0.05, 0) is 54.6 Å². The molecule has 0 atom stereocenters. The molecule has 0 aliphatic carbocycles. The van der Waals surface area contributed by atoms with Gasteiger partial charge in [0.15, 0.2) is 6.61 Å². The molecule has 2 N–H and O–H groups in total. The van der Waals surface area contributed by atoms with Crippen LogP contribution in [0.4, 0.5) is 24.5 Å². The summed E-state index contributed by atoms with van der Waals surface area (Å²) in [7, 11) is 0. The van der Waals surface area contributed by atoms with Crippen LogP contribution in [0.2, 0.25) is 5.02 Å². The fourth-order valence-electron chi connectivity index (χ4n) is 2.87. The zero-order valence-electron chi connectivity index (χ0n) is 18.6. The fourth-order valence-corrected chi connectivity index (χ4v) is 3.04. The van der Waals surface area contributed by atoms with Crippen LogP contribution >= 0.6 is 11.6 Å². The lowest BCUT2D eigenvalue weighted by Gasteiger charge is -2.11. The third-order valence-electron chi connectivity index (χ3n) is 4.61. The summed E-state index contributed by atoms with van der Waals surface area (Å²) < 4.78 is 49.0. The van der Waals surface area contributed by atoms with Crippen LogP contribution in [0, 0.1) is 0 Å². The third-order valence-corrected chi connectivity index (χ3v) is 4.93. The molecule has 0 aliphatic heterocycles. The van der Waals surface area contributed by atoms with E-state index in [0.717, 1.165) is 12.1 Å². The van der Waals surface area contributed by atoms with Crippen LogP contribution in [-0.4, -0.2) is 24.4 Å². The molecule has 3 aromatic rings. The topological polar surface area (TPSA) is 93.7 Å². The minimum atomic E-state index is -4.60. The molecule has 3 aromatic carbocycles. The number of benzene rings is 3. The van der Waals surface area contributed by atoms with Crippen molar-refractivity contribution in [2.45, 2.75) is 19.0 Å². The molecular weight excluding hydrogens is 501 g/mol. The van der Waals surface area contributed by atoms with E-state index in [4.69, 9.17) is 21.1 Å².